The number of carbonyl (C=O) groups is 1. The van der Waals surface area contributed by atoms with E-state index in [1.807, 2.05) is 55.5 Å². The van der Waals surface area contributed by atoms with E-state index in [0.29, 0.717) is 25.1 Å². The smallest absolute Gasteiger partial charge is 0.228 e. The van der Waals surface area contributed by atoms with Crippen LogP contribution >= 0.6 is 0 Å². The minimum Gasteiger partial charge on any atom is -0.330 e. The summed E-state index contributed by atoms with van der Waals surface area (Å²) in [5, 5.41) is 0. The maximum atomic E-state index is 12.5. The Kier molecular flexibility index (Phi) is 5.35. The van der Waals surface area contributed by atoms with E-state index in [9.17, 15) is 4.79 Å². The molecule has 22 heavy (non-hydrogen) atoms. The number of hydrogen-bond donors (Lipinski definition) is 1. The van der Waals surface area contributed by atoms with Gasteiger partial charge in [-0.3, -0.25) is 4.79 Å². The molecule has 2 aromatic carbocycles. The monoisotopic (exact) mass is 292 g/mol. The van der Waals surface area contributed by atoms with Gasteiger partial charge in [-0.25, -0.2) is 0 Å². The van der Waals surface area contributed by atoms with Crippen molar-refractivity contribution in [3.8, 4) is 12.3 Å². The molecule has 0 aliphatic carbocycles. The highest BCUT2D eigenvalue weighted by Gasteiger charge is 2.18. The number of aryl methyl sites for hydroxylation is 1. The second-order valence-corrected chi connectivity index (χ2v) is 5.11. The molecule has 0 aliphatic heterocycles. The third-order valence-electron chi connectivity index (χ3n) is 3.60. The third kappa shape index (κ3) is 3.55. The van der Waals surface area contributed by atoms with Crippen molar-refractivity contribution in [2.24, 2.45) is 5.73 Å². The molecule has 1 amide bonds. The normalized spacial score (nSPS) is 10.0. The summed E-state index contributed by atoms with van der Waals surface area (Å²) in [6.07, 6.45) is 5.87. The zero-order valence-electron chi connectivity index (χ0n) is 12.8. The predicted molar refractivity (Wildman–Crippen MR) is 90.4 cm³/mol. The molecule has 0 saturated carbocycles. The number of nitrogens with zero attached hydrogens (tertiary/aromatic N) is 1. The number of anilines is 1. The molecule has 0 radical (unpaired) electrons. The zero-order chi connectivity index (χ0) is 15.9. The molecule has 0 spiro atoms. The fraction of sp³-hybridized carbons (Fsp3) is 0.211. The average Bonchev–Trinajstić information content (AvgIpc) is 2.54. The molecule has 3 nitrogen and oxygen atoms in total. The molecule has 112 valence electrons. The number of nitrogens with two attached hydrogens (primary N) is 1. The van der Waals surface area contributed by atoms with Crippen molar-refractivity contribution in [2.45, 2.75) is 19.9 Å². The minimum absolute atomic E-state index is 0.0200. The number of para-hydroxylation sites is 1. The van der Waals surface area contributed by atoms with Gasteiger partial charge >= 0.3 is 0 Å². The van der Waals surface area contributed by atoms with Crippen LogP contribution in [-0.2, 0) is 11.3 Å². The van der Waals surface area contributed by atoms with Crippen molar-refractivity contribution in [1.29, 1.82) is 0 Å². The van der Waals surface area contributed by atoms with E-state index < -0.39 is 0 Å². The van der Waals surface area contributed by atoms with Gasteiger partial charge < -0.3 is 10.6 Å². The first-order chi connectivity index (χ1) is 10.7. The number of amides is 1. The summed E-state index contributed by atoms with van der Waals surface area (Å²) >= 11 is 0. The fourth-order valence-corrected chi connectivity index (χ4v) is 2.36. The molecule has 2 N–H and O–H groups in total. The molecular weight excluding hydrogens is 272 g/mol. The van der Waals surface area contributed by atoms with Crippen molar-refractivity contribution < 1.29 is 4.79 Å². The summed E-state index contributed by atoms with van der Waals surface area (Å²) in [5.41, 5.74) is 9.26. The standard InChI is InChI=1S/C19H20N2O/c1-3-16-9-6-7-11-18(16)21(19(22)12-13-20)14-17-10-5-4-8-15(17)2/h1,4-11H,12-14,20H2,2H3. The molecule has 0 saturated heterocycles. The van der Waals surface area contributed by atoms with Gasteiger partial charge in [-0.05, 0) is 30.2 Å². The number of carbonyl (C=O) groups excluding carboxylic acids is 1. The fourth-order valence-electron chi connectivity index (χ4n) is 2.36. The second-order valence-electron chi connectivity index (χ2n) is 5.11. The minimum atomic E-state index is -0.0200. The topological polar surface area (TPSA) is 46.3 Å². The summed E-state index contributed by atoms with van der Waals surface area (Å²) < 4.78 is 0. The summed E-state index contributed by atoms with van der Waals surface area (Å²) in [6, 6.07) is 15.5. The summed E-state index contributed by atoms with van der Waals surface area (Å²) in [6.45, 7) is 2.85. The van der Waals surface area contributed by atoms with Crippen LogP contribution in [0.3, 0.4) is 0 Å². The molecular formula is C19H20N2O. The molecule has 0 unspecified atom stereocenters. The van der Waals surface area contributed by atoms with Crippen molar-refractivity contribution in [3.05, 3.63) is 65.2 Å². The molecule has 3 heteroatoms. The van der Waals surface area contributed by atoms with Gasteiger partial charge in [0.2, 0.25) is 5.91 Å². The van der Waals surface area contributed by atoms with E-state index in [2.05, 4.69) is 5.92 Å². The Balaban J connectivity index is 2.42. The maximum Gasteiger partial charge on any atom is 0.228 e. The number of benzene rings is 2. The van der Waals surface area contributed by atoms with E-state index in [1.165, 1.54) is 0 Å². The molecule has 0 bridgehead atoms. The molecule has 0 fully saturated rings. The van der Waals surface area contributed by atoms with Crippen LogP contribution < -0.4 is 10.6 Å². The predicted octanol–water partition coefficient (Wildman–Crippen LogP) is 2.86. The van der Waals surface area contributed by atoms with Gasteiger partial charge in [0, 0.05) is 18.5 Å². The zero-order valence-corrected chi connectivity index (χ0v) is 12.8. The first kappa shape index (κ1) is 15.8. The molecule has 0 atom stereocenters. The van der Waals surface area contributed by atoms with Gasteiger partial charge in [0.25, 0.3) is 0 Å². The Labute approximate surface area is 131 Å². The van der Waals surface area contributed by atoms with Crippen molar-refractivity contribution in [2.75, 3.05) is 11.4 Å². The van der Waals surface area contributed by atoms with Crippen molar-refractivity contribution >= 4 is 11.6 Å². The van der Waals surface area contributed by atoms with Gasteiger partial charge in [0.15, 0.2) is 0 Å². The van der Waals surface area contributed by atoms with Gasteiger partial charge in [0.05, 0.1) is 12.2 Å². The largest absolute Gasteiger partial charge is 0.330 e. The molecule has 2 rings (SSSR count). The number of rotatable bonds is 5. The van der Waals surface area contributed by atoms with E-state index in [4.69, 9.17) is 12.2 Å². The molecule has 0 heterocycles. The van der Waals surface area contributed by atoms with Crippen LogP contribution in [0.25, 0.3) is 0 Å². The lowest BCUT2D eigenvalue weighted by molar-refractivity contribution is -0.118. The maximum absolute atomic E-state index is 12.5. The number of terminal acetylenes is 1. The van der Waals surface area contributed by atoms with Crippen LogP contribution in [0.4, 0.5) is 5.69 Å². The van der Waals surface area contributed by atoms with Crippen LogP contribution in [0.1, 0.15) is 23.1 Å². The van der Waals surface area contributed by atoms with Crippen LogP contribution in [-0.4, -0.2) is 12.5 Å². The Morgan fingerprint density at radius 2 is 1.86 bits per heavy atom. The van der Waals surface area contributed by atoms with Crippen LogP contribution in [0.5, 0.6) is 0 Å². The van der Waals surface area contributed by atoms with Crippen LogP contribution in [0, 0.1) is 19.3 Å². The van der Waals surface area contributed by atoms with E-state index in [0.717, 1.165) is 16.8 Å². The highest BCUT2D eigenvalue weighted by Crippen LogP contribution is 2.23. The van der Waals surface area contributed by atoms with Crippen molar-refractivity contribution in [3.63, 3.8) is 0 Å². The number of hydrogen-bond acceptors (Lipinski definition) is 2. The molecule has 2 aromatic rings. The van der Waals surface area contributed by atoms with E-state index in [1.54, 1.807) is 4.90 Å². The Hall–Kier alpha value is -2.57. The Morgan fingerprint density at radius 3 is 2.55 bits per heavy atom. The lowest BCUT2D eigenvalue weighted by Crippen LogP contribution is -2.32. The lowest BCUT2D eigenvalue weighted by atomic mass is 10.1. The van der Waals surface area contributed by atoms with Crippen LogP contribution in [0.2, 0.25) is 0 Å². The van der Waals surface area contributed by atoms with Gasteiger partial charge in [-0.15, -0.1) is 6.42 Å². The highest BCUT2D eigenvalue weighted by molar-refractivity contribution is 5.94. The van der Waals surface area contributed by atoms with Crippen molar-refractivity contribution in [1.82, 2.24) is 0 Å². The van der Waals surface area contributed by atoms with Gasteiger partial charge in [-0.1, -0.05) is 42.3 Å². The summed E-state index contributed by atoms with van der Waals surface area (Å²) in [5.74, 6) is 2.63. The molecule has 0 aliphatic rings. The highest BCUT2D eigenvalue weighted by atomic mass is 16.2. The SMILES string of the molecule is C#Cc1ccccc1N(Cc1ccccc1C)C(=O)CCN. The summed E-state index contributed by atoms with van der Waals surface area (Å²) in [7, 11) is 0. The summed E-state index contributed by atoms with van der Waals surface area (Å²) in [4.78, 5) is 14.2. The second kappa shape index (κ2) is 7.44. The van der Waals surface area contributed by atoms with Crippen LogP contribution in [0.15, 0.2) is 48.5 Å². The Morgan fingerprint density at radius 1 is 1.18 bits per heavy atom. The van der Waals surface area contributed by atoms with Gasteiger partial charge in [-0.2, -0.15) is 0 Å². The van der Waals surface area contributed by atoms with Gasteiger partial charge in [0.1, 0.15) is 0 Å². The lowest BCUT2D eigenvalue weighted by Gasteiger charge is -2.25. The first-order valence-electron chi connectivity index (χ1n) is 7.28. The molecule has 0 aromatic heterocycles. The third-order valence-corrected chi connectivity index (χ3v) is 3.60. The average molecular weight is 292 g/mol. The quantitative estimate of drug-likeness (QED) is 0.861. The Bertz CT molecular complexity index is 701. The van der Waals surface area contributed by atoms with E-state index >= 15 is 0 Å². The van der Waals surface area contributed by atoms with E-state index in [-0.39, 0.29) is 5.91 Å². The first-order valence-corrected chi connectivity index (χ1v) is 7.28.